The Morgan fingerprint density at radius 1 is 0.848 bits per heavy atom. The highest BCUT2D eigenvalue weighted by Crippen LogP contribution is 2.44. The highest BCUT2D eigenvalue weighted by molar-refractivity contribution is 5.90. The number of para-hydroxylation sites is 2. The molecule has 0 aliphatic carbocycles. The van der Waals surface area contributed by atoms with Gasteiger partial charge in [-0.1, -0.05) is 36.4 Å². The van der Waals surface area contributed by atoms with Gasteiger partial charge in [-0.3, -0.25) is 4.79 Å². The van der Waals surface area contributed by atoms with E-state index in [0.717, 1.165) is 28.4 Å². The first kappa shape index (κ1) is 19.4. The first-order valence-corrected chi connectivity index (χ1v) is 10.8. The molecule has 33 heavy (non-hydrogen) atoms. The summed E-state index contributed by atoms with van der Waals surface area (Å²) in [7, 11) is 0. The van der Waals surface area contributed by atoms with Gasteiger partial charge in [0.15, 0.2) is 5.82 Å². The first-order chi connectivity index (χ1) is 16.3. The number of benzene rings is 2. The molecule has 0 spiro atoms. The van der Waals surface area contributed by atoms with E-state index in [2.05, 4.69) is 25.0 Å². The topological polar surface area (TPSA) is 89.3 Å². The van der Waals surface area contributed by atoms with Gasteiger partial charge in [0.25, 0.3) is 0 Å². The molecule has 0 unspecified atom stereocenters. The molecule has 4 heterocycles. The van der Waals surface area contributed by atoms with Gasteiger partial charge in [0.2, 0.25) is 5.91 Å². The number of hydrogen-bond acceptors (Lipinski definition) is 7. The van der Waals surface area contributed by atoms with E-state index < -0.39 is 0 Å². The molecule has 2 aromatic carbocycles. The lowest BCUT2D eigenvalue weighted by Gasteiger charge is -2.38. The Balaban J connectivity index is 1.22. The number of anilines is 1. The lowest BCUT2D eigenvalue weighted by molar-refractivity contribution is -0.132. The molecule has 9 nitrogen and oxygen atoms in total. The van der Waals surface area contributed by atoms with Crippen LogP contribution in [0.15, 0.2) is 73.6 Å². The van der Waals surface area contributed by atoms with Crippen LogP contribution in [0.3, 0.4) is 0 Å². The van der Waals surface area contributed by atoms with Crippen LogP contribution in [0.4, 0.5) is 5.82 Å². The molecule has 1 fully saturated rings. The van der Waals surface area contributed by atoms with Crippen molar-refractivity contribution in [1.29, 1.82) is 0 Å². The van der Waals surface area contributed by atoms with Crippen LogP contribution in [0.5, 0.6) is 11.5 Å². The normalized spacial score (nSPS) is 15.5. The van der Waals surface area contributed by atoms with Gasteiger partial charge in [-0.15, -0.1) is 0 Å². The quantitative estimate of drug-likeness (QED) is 0.485. The van der Waals surface area contributed by atoms with Gasteiger partial charge in [0, 0.05) is 43.4 Å². The molecule has 2 aliphatic rings. The van der Waals surface area contributed by atoms with E-state index in [1.54, 1.807) is 11.0 Å². The smallest absolute Gasteiger partial charge is 0.234 e. The Hall–Kier alpha value is -4.27. The van der Waals surface area contributed by atoms with Crippen molar-refractivity contribution in [2.75, 3.05) is 31.1 Å². The number of carbonyl (C=O) groups is 1. The fraction of sp³-hybridized carbons (Fsp3) is 0.208. The molecule has 164 valence electrons. The third-order valence-electron chi connectivity index (χ3n) is 6.13. The average molecular weight is 439 g/mol. The van der Waals surface area contributed by atoms with Crippen LogP contribution in [-0.4, -0.2) is 61.7 Å². The molecule has 0 N–H and O–H groups in total. The summed E-state index contributed by atoms with van der Waals surface area (Å²) in [6.07, 6.45) is 4.60. The van der Waals surface area contributed by atoms with Crippen molar-refractivity contribution in [3.05, 3.63) is 84.7 Å². The molecular weight excluding hydrogens is 418 g/mol. The van der Waals surface area contributed by atoms with Crippen molar-refractivity contribution in [2.45, 2.75) is 5.92 Å². The minimum atomic E-state index is -0.365. The van der Waals surface area contributed by atoms with Crippen LogP contribution in [0.2, 0.25) is 0 Å². The molecule has 6 rings (SSSR count). The van der Waals surface area contributed by atoms with Gasteiger partial charge >= 0.3 is 0 Å². The second-order valence-corrected chi connectivity index (χ2v) is 8.00. The summed E-state index contributed by atoms with van der Waals surface area (Å²) in [5.41, 5.74) is 1.83. The van der Waals surface area contributed by atoms with Gasteiger partial charge in [0.05, 0.1) is 5.92 Å². The second kappa shape index (κ2) is 8.01. The van der Waals surface area contributed by atoms with Gasteiger partial charge in [-0.25, -0.2) is 19.6 Å². The molecule has 2 aromatic heterocycles. The summed E-state index contributed by atoms with van der Waals surface area (Å²) >= 11 is 0. The van der Waals surface area contributed by atoms with Crippen LogP contribution in [0.25, 0.3) is 5.82 Å². The van der Waals surface area contributed by atoms with Crippen LogP contribution < -0.4 is 9.64 Å². The molecule has 1 saturated heterocycles. The second-order valence-electron chi connectivity index (χ2n) is 8.00. The Kier molecular flexibility index (Phi) is 4.71. The van der Waals surface area contributed by atoms with E-state index in [1.807, 2.05) is 59.5 Å². The summed E-state index contributed by atoms with van der Waals surface area (Å²) in [6, 6.07) is 17.5. The number of hydrogen-bond donors (Lipinski definition) is 0. The molecule has 1 amide bonds. The minimum absolute atomic E-state index is 0.101. The Morgan fingerprint density at radius 3 is 2.18 bits per heavy atom. The van der Waals surface area contributed by atoms with Crippen LogP contribution in [0, 0.1) is 0 Å². The van der Waals surface area contributed by atoms with E-state index in [0.29, 0.717) is 32.0 Å². The Bertz CT molecular complexity index is 1250. The lowest BCUT2D eigenvalue weighted by atomic mass is 9.86. The number of carbonyl (C=O) groups excluding carboxylic acids is 1. The van der Waals surface area contributed by atoms with E-state index in [4.69, 9.17) is 4.74 Å². The summed E-state index contributed by atoms with van der Waals surface area (Å²) in [4.78, 5) is 30.5. The van der Waals surface area contributed by atoms with Crippen molar-refractivity contribution >= 4 is 11.7 Å². The molecule has 4 aromatic rings. The molecule has 0 radical (unpaired) electrons. The summed E-state index contributed by atoms with van der Waals surface area (Å²) in [5, 5.41) is 4.13. The zero-order valence-electron chi connectivity index (χ0n) is 17.8. The monoisotopic (exact) mass is 439 g/mol. The predicted molar refractivity (Wildman–Crippen MR) is 121 cm³/mol. The number of nitrogens with zero attached hydrogens (tertiary/aromatic N) is 7. The van der Waals surface area contributed by atoms with E-state index in [1.165, 1.54) is 12.7 Å². The molecule has 0 bridgehead atoms. The number of aromatic nitrogens is 5. The van der Waals surface area contributed by atoms with Crippen LogP contribution in [-0.2, 0) is 4.79 Å². The van der Waals surface area contributed by atoms with Crippen molar-refractivity contribution in [2.24, 2.45) is 0 Å². The number of ether oxygens (including phenoxy) is 1. The third kappa shape index (κ3) is 3.47. The number of amides is 1. The SMILES string of the molecule is O=C(C1c2ccccc2Oc2ccccc21)N1CCN(c2cc(-n3cncn3)ncn2)CC1. The third-order valence-corrected chi connectivity index (χ3v) is 6.13. The predicted octanol–water partition coefficient (Wildman–Crippen LogP) is 2.64. The van der Waals surface area contributed by atoms with E-state index in [9.17, 15) is 4.79 Å². The van der Waals surface area contributed by atoms with Crippen LogP contribution >= 0.6 is 0 Å². The van der Waals surface area contributed by atoms with Crippen molar-refractivity contribution in [3.63, 3.8) is 0 Å². The number of piperazine rings is 1. The van der Waals surface area contributed by atoms with Crippen molar-refractivity contribution in [3.8, 4) is 17.3 Å². The fourth-order valence-electron chi connectivity index (χ4n) is 4.48. The standard InChI is InChI=1S/C24H21N7O2/c32-24(23-17-5-1-3-7-19(17)33-20-8-4-2-6-18(20)23)30-11-9-29(10-12-30)21-13-22(27-15-26-21)31-16-25-14-28-31/h1-8,13-16,23H,9-12H2. The fourth-order valence-corrected chi connectivity index (χ4v) is 4.48. The molecule has 0 saturated carbocycles. The number of fused-ring (bicyclic) bond motifs is 2. The van der Waals surface area contributed by atoms with Gasteiger partial charge < -0.3 is 14.5 Å². The average Bonchev–Trinajstić information content (AvgIpc) is 3.42. The van der Waals surface area contributed by atoms with E-state index >= 15 is 0 Å². The Morgan fingerprint density at radius 2 is 1.52 bits per heavy atom. The maximum Gasteiger partial charge on any atom is 0.234 e. The zero-order chi connectivity index (χ0) is 22.2. The largest absolute Gasteiger partial charge is 0.457 e. The van der Waals surface area contributed by atoms with Gasteiger partial charge in [-0.05, 0) is 12.1 Å². The highest BCUT2D eigenvalue weighted by atomic mass is 16.5. The van der Waals surface area contributed by atoms with Crippen molar-refractivity contribution in [1.82, 2.24) is 29.6 Å². The Labute approximate surface area is 190 Å². The van der Waals surface area contributed by atoms with Gasteiger partial charge in [0.1, 0.15) is 36.3 Å². The van der Waals surface area contributed by atoms with E-state index in [-0.39, 0.29) is 11.8 Å². The minimum Gasteiger partial charge on any atom is -0.457 e. The summed E-state index contributed by atoms with van der Waals surface area (Å²) < 4.78 is 7.66. The van der Waals surface area contributed by atoms with Gasteiger partial charge in [-0.2, -0.15) is 5.10 Å². The lowest BCUT2D eigenvalue weighted by Crippen LogP contribution is -2.50. The van der Waals surface area contributed by atoms with Crippen molar-refractivity contribution < 1.29 is 9.53 Å². The highest BCUT2D eigenvalue weighted by Gasteiger charge is 2.36. The molecular formula is C24H21N7O2. The molecule has 9 heteroatoms. The molecule has 0 atom stereocenters. The maximum absolute atomic E-state index is 13.7. The maximum atomic E-state index is 13.7. The zero-order valence-corrected chi connectivity index (χ0v) is 17.8. The first-order valence-electron chi connectivity index (χ1n) is 10.8. The summed E-state index contributed by atoms with van der Waals surface area (Å²) in [5.74, 6) is 2.69. The number of rotatable bonds is 3. The van der Waals surface area contributed by atoms with Crippen LogP contribution in [0.1, 0.15) is 17.0 Å². The molecule has 2 aliphatic heterocycles. The summed E-state index contributed by atoms with van der Waals surface area (Å²) in [6.45, 7) is 2.60.